The number of halogens is 3. The van der Waals surface area contributed by atoms with Crippen molar-refractivity contribution in [2.45, 2.75) is 24.9 Å². The van der Waals surface area contributed by atoms with Crippen molar-refractivity contribution in [3.63, 3.8) is 0 Å². The minimum Gasteiger partial charge on any atom is -0.512 e. The van der Waals surface area contributed by atoms with Crippen LogP contribution >= 0.6 is 11.8 Å². The molecule has 18 heavy (non-hydrogen) atoms. The maximum absolute atomic E-state index is 12.1. The number of hydrogen-bond acceptors (Lipinski definition) is 4. The van der Waals surface area contributed by atoms with Crippen LogP contribution in [0.2, 0.25) is 0 Å². The van der Waals surface area contributed by atoms with Gasteiger partial charge in [0.05, 0.1) is 5.75 Å². The Morgan fingerprint density at radius 1 is 1.22 bits per heavy atom. The SMILES string of the molecule is Cc1cc(C)c(SCC(F)(F)F)cc1OB(O)O. The van der Waals surface area contributed by atoms with E-state index in [4.69, 9.17) is 10.0 Å². The lowest BCUT2D eigenvalue weighted by molar-refractivity contribution is -0.105. The lowest BCUT2D eigenvalue weighted by atomic mass is 10.1. The van der Waals surface area contributed by atoms with Crippen molar-refractivity contribution in [3.05, 3.63) is 23.3 Å². The van der Waals surface area contributed by atoms with Crippen LogP contribution in [0.3, 0.4) is 0 Å². The van der Waals surface area contributed by atoms with Gasteiger partial charge in [-0.3, -0.25) is 0 Å². The van der Waals surface area contributed by atoms with Gasteiger partial charge in [-0.05, 0) is 31.0 Å². The summed E-state index contributed by atoms with van der Waals surface area (Å²) in [5.41, 5.74) is 1.30. The van der Waals surface area contributed by atoms with Gasteiger partial charge in [-0.25, -0.2) is 0 Å². The first-order valence-electron chi connectivity index (χ1n) is 5.02. The molecule has 0 aromatic heterocycles. The third-order valence-electron chi connectivity index (χ3n) is 2.10. The van der Waals surface area contributed by atoms with Gasteiger partial charge in [0.1, 0.15) is 5.75 Å². The lowest BCUT2D eigenvalue weighted by Gasteiger charge is -2.13. The average molecular weight is 280 g/mol. The smallest absolute Gasteiger partial charge is 0.512 e. The minimum absolute atomic E-state index is 0.153. The van der Waals surface area contributed by atoms with Crippen LogP contribution in [0.25, 0.3) is 0 Å². The first-order chi connectivity index (χ1) is 8.19. The molecule has 100 valence electrons. The van der Waals surface area contributed by atoms with Gasteiger partial charge in [0.2, 0.25) is 0 Å². The molecule has 1 rings (SSSR count). The van der Waals surface area contributed by atoms with Crippen LogP contribution in [0.15, 0.2) is 17.0 Å². The second kappa shape index (κ2) is 5.86. The Balaban J connectivity index is 2.91. The van der Waals surface area contributed by atoms with Crippen molar-refractivity contribution in [1.82, 2.24) is 0 Å². The van der Waals surface area contributed by atoms with Gasteiger partial charge in [-0.1, -0.05) is 6.07 Å². The summed E-state index contributed by atoms with van der Waals surface area (Å²) in [4.78, 5) is 0.397. The number of alkyl halides is 3. The lowest BCUT2D eigenvalue weighted by Crippen LogP contribution is -2.21. The second-order valence-electron chi connectivity index (χ2n) is 3.73. The minimum atomic E-state index is -4.25. The summed E-state index contributed by atoms with van der Waals surface area (Å²) in [6, 6.07) is 3.01. The van der Waals surface area contributed by atoms with Crippen molar-refractivity contribution in [2.24, 2.45) is 0 Å². The third kappa shape index (κ3) is 4.79. The molecule has 0 aliphatic rings. The molecule has 0 spiro atoms. The van der Waals surface area contributed by atoms with Crippen LogP contribution in [0.5, 0.6) is 5.75 Å². The van der Waals surface area contributed by atoms with E-state index in [-0.39, 0.29) is 5.75 Å². The number of thioether (sulfide) groups is 1. The highest BCUT2D eigenvalue weighted by atomic mass is 32.2. The molecule has 1 aromatic carbocycles. The van der Waals surface area contributed by atoms with Gasteiger partial charge in [-0.2, -0.15) is 13.2 Å². The van der Waals surface area contributed by atoms with Crippen LogP contribution in [-0.4, -0.2) is 29.3 Å². The highest BCUT2D eigenvalue weighted by Gasteiger charge is 2.27. The maximum atomic E-state index is 12.1. The molecule has 0 radical (unpaired) electrons. The summed E-state index contributed by atoms with van der Waals surface area (Å²) < 4.78 is 41.1. The largest absolute Gasteiger partial charge is 0.707 e. The highest BCUT2D eigenvalue weighted by Crippen LogP contribution is 2.33. The van der Waals surface area contributed by atoms with E-state index in [1.54, 1.807) is 19.9 Å². The molecule has 8 heteroatoms. The topological polar surface area (TPSA) is 49.7 Å². The summed E-state index contributed by atoms with van der Waals surface area (Å²) in [5, 5.41) is 17.4. The molecule has 3 nitrogen and oxygen atoms in total. The molecule has 0 atom stereocenters. The summed E-state index contributed by atoms with van der Waals surface area (Å²) in [5.74, 6) is -0.849. The van der Waals surface area contributed by atoms with Gasteiger partial charge in [-0.15, -0.1) is 11.8 Å². The van der Waals surface area contributed by atoms with Crippen LogP contribution in [0.1, 0.15) is 11.1 Å². The third-order valence-corrected chi connectivity index (χ3v) is 3.32. The zero-order chi connectivity index (χ0) is 13.9. The highest BCUT2D eigenvalue weighted by molar-refractivity contribution is 7.99. The Bertz CT molecular complexity index is 424. The van der Waals surface area contributed by atoms with Gasteiger partial charge >= 0.3 is 13.5 Å². The van der Waals surface area contributed by atoms with Crippen LogP contribution in [0, 0.1) is 13.8 Å². The van der Waals surface area contributed by atoms with E-state index in [1.165, 1.54) is 6.07 Å². The molecule has 0 amide bonds. The molecule has 0 saturated carbocycles. The van der Waals surface area contributed by atoms with Gasteiger partial charge in [0.15, 0.2) is 0 Å². The zero-order valence-corrected chi connectivity index (χ0v) is 10.6. The molecule has 0 aliphatic heterocycles. The van der Waals surface area contributed by atoms with E-state index in [1.807, 2.05) is 0 Å². The van der Waals surface area contributed by atoms with E-state index in [9.17, 15) is 13.2 Å². The number of aryl methyl sites for hydroxylation is 2. The van der Waals surface area contributed by atoms with Gasteiger partial charge in [0.25, 0.3) is 0 Å². The first-order valence-corrected chi connectivity index (χ1v) is 6.01. The Morgan fingerprint density at radius 3 is 2.33 bits per heavy atom. The van der Waals surface area contributed by atoms with Crippen molar-refractivity contribution < 1.29 is 27.9 Å². The summed E-state index contributed by atoms with van der Waals surface area (Å²) in [7, 11) is -1.99. The number of benzene rings is 1. The van der Waals surface area contributed by atoms with E-state index in [0.29, 0.717) is 27.8 Å². The summed E-state index contributed by atoms with van der Waals surface area (Å²) >= 11 is 0.636. The van der Waals surface area contributed by atoms with Crippen LogP contribution < -0.4 is 4.65 Å². The molecule has 1 aromatic rings. The standard InChI is InChI=1S/C10H12BF3O3S/c1-6-3-7(2)9(18-5-10(12,13)14)4-8(6)17-11(15)16/h3-4,15-16H,5H2,1-2H3. The summed E-state index contributed by atoms with van der Waals surface area (Å²) in [6.45, 7) is 3.35. The van der Waals surface area contributed by atoms with E-state index < -0.39 is 19.3 Å². The normalized spacial score (nSPS) is 11.5. The second-order valence-corrected chi connectivity index (χ2v) is 4.75. The molecular formula is C10H12BF3O3S. The summed E-state index contributed by atoms with van der Waals surface area (Å²) in [6.07, 6.45) is -4.25. The van der Waals surface area contributed by atoms with Gasteiger partial charge < -0.3 is 14.7 Å². The van der Waals surface area contributed by atoms with Crippen molar-refractivity contribution in [2.75, 3.05) is 5.75 Å². The van der Waals surface area contributed by atoms with Crippen molar-refractivity contribution >= 4 is 19.1 Å². The van der Waals surface area contributed by atoms with Crippen molar-refractivity contribution in [1.29, 1.82) is 0 Å². The Labute approximate surface area is 107 Å². The molecule has 0 fully saturated rings. The van der Waals surface area contributed by atoms with E-state index >= 15 is 0 Å². The maximum Gasteiger partial charge on any atom is 0.707 e. The number of rotatable bonds is 4. The Hall–Kier alpha value is -0.855. The Kier molecular flexibility index (Phi) is 4.95. The average Bonchev–Trinajstić information content (AvgIpc) is 2.18. The zero-order valence-electron chi connectivity index (χ0n) is 9.78. The van der Waals surface area contributed by atoms with Gasteiger partial charge in [0, 0.05) is 4.90 Å². The fraction of sp³-hybridized carbons (Fsp3) is 0.400. The van der Waals surface area contributed by atoms with Crippen LogP contribution in [0.4, 0.5) is 13.2 Å². The molecular weight excluding hydrogens is 268 g/mol. The fourth-order valence-corrected chi connectivity index (χ4v) is 2.17. The Morgan fingerprint density at radius 2 is 1.83 bits per heavy atom. The fourth-order valence-electron chi connectivity index (χ4n) is 1.37. The molecule has 0 unspecified atom stereocenters. The van der Waals surface area contributed by atoms with E-state index in [0.717, 1.165) is 0 Å². The number of hydrogen-bond donors (Lipinski definition) is 2. The molecule has 0 bridgehead atoms. The van der Waals surface area contributed by atoms with Crippen LogP contribution in [-0.2, 0) is 0 Å². The predicted molar refractivity (Wildman–Crippen MR) is 63.5 cm³/mol. The monoisotopic (exact) mass is 280 g/mol. The molecule has 0 heterocycles. The molecule has 2 N–H and O–H groups in total. The predicted octanol–water partition coefficient (Wildman–Crippen LogP) is 2.31. The first kappa shape index (κ1) is 15.2. The van der Waals surface area contributed by atoms with Crippen molar-refractivity contribution in [3.8, 4) is 5.75 Å². The quantitative estimate of drug-likeness (QED) is 0.656. The molecule has 0 saturated heterocycles. The molecule has 0 aliphatic carbocycles. The van der Waals surface area contributed by atoms with E-state index in [2.05, 4.69) is 4.65 Å².